The predicted molar refractivity (Wildman–Crippen MR) is 97.7 cm³/mol. The molecule has 0 radical (unpaired) electrons. The van der Waals surface area contributed by atoms with E-state index in [-0.39, 0.29) is 5.91 Å². The fraction of sp³-hybridized carbons (Fsp3) is 0.412. The molecule has 24 heavy (non-hydrogen) atoms. The second kappa shape index (κ2) is 6.57. The number of rotatable bonds is 3. The topological polar surface area (TPSA) is 67.4 Å². The lowest BCUT2D eigenvalue weighted by Gasteiger charge is -2.39. The second-order valence-electron chi connectivity index (χ2n) is 6.36. The number of hydrogen-bond acceptors (Lipinski definition) is 4. The van der Waals surface area contributed by atoms with Gasteiger partial charge in [0.25, 0.3) is 0 Å². The molecule has 3 rings (SSSR count). The normalized spacial score (nSPS) is 17.7. The minimum atomic E-state index is -1.02. The zero-order valence-corrected chi connectivity index (χ0v) is 15.5. The predicted octanol–water partition coefficient (Wildman–Crippen LogP) is 1.71. The van der Waals surface area contributed by atoms with Crippen molar-refractivity contribution in [3.63, 3.8) is 0 Å². The Morgan fingerprint density at radius 3 is 2.38 bits per heavy atom. The van der Waals surface area contributed by atoms with Gasteiger partial charge in [0, 0.05) is 43.9 Å². The van der Waals surface area contributed by atoms with Gasteiger partial charge in [-0.05, 0) is 24.6 Å². The average molecular weight is 392 g/mol. The molecule has 1 unspecified atom stereocenters. The van der Waals surface area contributed by atoms with Crippen molar-refractivity contribution in [2.24, 2.45) is 12.8 Å². The fourth-order valence-corrected chi connectivity index (χ4v) is 3.25. The highest BCUT2D eigenvalue weighted by atomic mass is 79.9. The quantitative estimate of drug-likeness (QED) is 0.864. The summed E-state index contributed by atoms with van der Waals surface area (Å²) in [6.45, 7) is 4.68. The summed E-state index contributed by atoms with van der Waals surface area (Å²) >= 11 is 3.41. The second-order valence-corrected chi connectivity index (χ2v) is 7.28. The molecule has 7 heteroatoms. The van der Waals surface area contributed by atoms with Gasteiger partial charge in [-0.15, -0.1) is 0 Å². The van der Waals surface area contributed by atoms with Crippen molar-refractivity contribution in [2.75, 3.05) is 31.1 Å². The molecule has 6 nitrogen and oxygen atoms in total. The zero-order chi connectivity index (χ0) is 17.3. The number of benzene rings is 1. The van der Waals surface area contributed by atoms with Crippen LogP contribution in [0.4, 0.5) is 5.69 Å². The van der Waals surface area contributed by atoms with Gasteiger partial charge in [-0.3, -0.25) is 9.48 Å². The molecule has 0 bridgehead atoms. The van der Waals surface area contributed by atoms with Crippen LogP contribution in [0.2, 0.25) is 0 Å². The number of aryl methyl sites for hydroxylation is 1. The molecule has 1 amide bonds. The Hall–Kier alpha value is -1.86. The Balaban J connectivity index is 1.67. The van der Waals surface area contributed by atoms with E-state index in [1.165, 1.54) is 0 Å². The maximum Gasteiger partial charge on any atom is 0.247 e. The number of piperazine rings is 1. The zero-order valence-electron chi connectivity index (χ0n) is 13.9. The van der Waals surface area contributed by atoms with Crippen LogP contribution in [0.1, 0.15) is 12.5 Å². The number of nitrogens with zero attached hydrogens (tertiary/aromatic N) is 4. The number of nitrogens with two attached hydrogens (primary N) is 1. The molecule has 1 saturated heterocycles. The first-order valence-corrected chi connectivity index (χ1v) is 8.75. The van der Waals surface area contributed by atoms with Crippen molar-refractivity contribution < 1.29 is 4.79 Å². The van der Waals surface area contributed by atoms with E-state index in [2.05, 4.69) is 25.9 Å². The van der Waals surface area contributed by atoms with Crippen LogP contribution in [0.5, 0.6) is 0 Å². The van der Waals surface area contributed by atoms with E-state index in [0.29, 0.717) is 13.1 Å². The van der Waals surface area contributed by atoms with Crippen LogP contribution in [0.15, 0.2) is 41.1 Å². The standard InChI is InChI=1S/C17H22BrN5O/c1-17(19,13-3-5-14(18)6-4-13)16(24)23-9-7-22(8-10-23)15-11-20-21(2)12-15/h3-6,11-12H,7-10,19H2,1-2H3. The van der Waals surface area contributed by atoms with Gasteiger partial charge < -0.3 is 15.5 Å². The molecular weight excluding hydrogens is 370 g/mol. The highest BCUT2D eigenvalue weighted by Gasteiger charge is 2.35. The van der Waals surface area contributed by atoms with Gasteiger partial charge in [-0.25, -0.2) is 0 Å². The van der Waals surface area contributed by atoms with E-state index in [4.69, 9.17) is 5.73 Å². The highest BCUT2D eigenvalue weighted by molar-refractivity contribution is 9.10. The van der Waals surface area contributed by atoms with Crippen molar-refractivity contribution in [1.29, 1.82) is 0 Å². The molecule has 2 aromatic rings. The van der Waals surface area contributed by atoms with Crippen molar-refractivity contribution in [2.45, 2.75) is 12.5 Å². The Kier molecular flexibility index (Phi) is 4.64. The van der Waals surface area contributed by atoms with Crippen molar-refractivity contribution in [3.8, 4) is 0 Å². The van der Waals surface area contributed by atoms with Crippen LogP contribution in [0, 0.1) is 0 Å². The molecule has 1 atom stereocenters. The van der Waals surface area contributed by atoms with Crippen molar-refractivity contribution in [3.05, 3.63) is 46.7 Å². The van der Waals surface area contributed by atoms with Gasteiger partial charge in [0.2, 0.25) is 5.91 Å². The minimum Gasteiger partial charge on any atom is -0.365 e. The number of aromatic nitrogens is 2. The summed E-state index contributed by atoms with van der Waals surface area (Å²) in [4.78, 5) is 17.0. The molecule has 0 saturated carbocycles. The summed E-state index contributed by atoms with van der Waals surface area (Å²) in [5.74, 6) is -0.0318. The fourth-order valence-electron chi connectivity index (χ4n) is 2.99. The summed E-state index contributed by atoms with van der Waals surface area (Å²) in [5, 5.41) is 4.20. The molecule has 1 aliphatic heterocycles. The highest BCUT2D eigenvalue weighted by Crippen LogP contribution is 2.24. The molecule has 1 aromatic carbocycles. The van der Waals surface area contributed by atoms with Crippen molar-refractivity contribution >= 4 is 27.5 Å². The SMILES string of the molecule is Cn1cc(N2CCN(C(=O)C(C)(N)c3ccc(Br)cc3)CC2)cn1. The Labute approximate surface area is 150 Å². The number of carbonyl (C=O) groups is 1. The third-order valence-corrected chi connectivity index (χ3v) is 5.04. The largest absolute Gasteiger partial charge is 0.365 e. The van der Waals surface area contributed by atoms with Gasteiger partial charge in [0.05, 0.1) is 11.9 Å². The van der Waals surface area contributed by atoms with E-state index in [9.17, 15) is 4.79 Å². The molecule has 1 aromatic heterocycles. The molecule has 2 heterocycles. The lowest BCUT2D eigenvalue weighted by molar-refractivity contribution is -0.137. The third kappa shape index (κ3) is 3.32. The van der Waals surface area contributed by atoms with Crippen LogP contribution in [0.25, 0.3) is 0 Å². The van der Waals surface area contributed by atoms with E-state index >= 15 is 0 Å². The Bertz CT molecular complexity index is 717. The van der Waals surface area contributed by atoms with E-state index in [1.807, 2.05) is 48.6 Å². The summed E-state index contributed by atoms with van der Waals surface area (Å²) in [5.41, 5.74) is 7.28. The minimum absolute atomic E-state index is 0.0318. The molecule has 0 spiro atoms. The van der Waals surface area contributed by atoms with Crippen LogP contribution in [-0.4, -0.2) is 46.8 Å². The first-order chi connectivity index (χ1) is 11.4. The maximum atomic E-state index is 12.9. The monoisotopic (exact) mass is 391 g/mol. The molecule has 2 N–H and O–H groups in total. The van der Waals surface area contributed by atoms with Gasteiger partial charge in [0.15, 0.2) is 0 Å². The maximum absolute atomic E-state index is 12.9. The van der Waals surface area contributed by atoms with Crippen LogP contribution < -0.4 is 10.6 Å². The molecular formula is C17H22BrN5O. The number of carbonyl (C=O) groups excluding carboxylic acids is 1. The lowest BCUT2D eigenvalue weighted by atomic mass is 9.91. The number of amides is 1. The number of hydrogen-bond donors (Lipinski definition) is 1. The number of halogens is 1. The molecule has 1 fully saturated rings. The molecule has 128 valence electrons. The first-order valence-electron chi connectivity index (χ1n) is 7.96. The van der Waals surface area contributed by atoms with Crippen molar-refractivity contribution in [1.82, 2.24) is 14.7 Å². The summed E-state index contributed by atoms with van der Waals surface area (Å²) in [6.07, 6.45) is 3.85. The summed E-state index contributed by atoms with van der Waals surface area (Å²) in [7, 11) is 1.90. The summed E-state index contributed by atoms with van der Waals surface area (Å²) < 4.78 is 2.76. The van der Waals surface area contributed by atoms with Gasteiger partial charge >= 0.3 is 0 Å². The first kappa shape index (κ1) is 17.0. The van der Waals surface area contributed by atoms with Crippen LogP contribution in [0.3, 0.4) is 0 Å². The third-order valence-electron chi connectivity index (χ3n) is 4.51. The Morgan fingerprint density at radius 2 is 1.83 bits per heavy atom. The summed E-state index contributed by atoms with van der Waals surface area (Å²) in [6, 6.07) is 7.61. The molecule has 0 aliphatic carbocycles. The average Bonchev–Trinajstić information content (AvgIpc) is 3.01. The van der Waals surface area contributed by atoms with E-state index in [0.717, 1.165) is 28.8 Å². The number of anilines is 1. The van der Waals surface area contributed by atoms with Gasteiger partial charge in [0.1, 0.15) is 5.54 Å². The Morgan fingerprint density at radius 1 is 1.21 bits per heavy atom. The van der Waals surface area contributed by atoms with Crippen LogP contribution >= 0.6 is 15.9 Å². The lowest BCUT2D eigenvalue weighted by Crippen LogP contribution is -2.56. The van der Waals surface area contributed by atoms with Gasteiger partial charge in [-0.2, -0.15) is 5.10 Å². The van der Waals surface area contributed by atoms with Crippen LogP contribution in [-0.2, 0) is 17.4 Å². The smallest absolute Gasteiger partial charge is 0.247 e. The van der Waals surface area contributed by atoms with E-state index < -0.39 is 5.54 Å². The van der Waals surface area contributed by atoms with Gasteiger partial charge in [-0.1, -0.05) is 28.1 Å². The van der Waals surface area contributed by atoms with E-state index in [1.54, 1.807) is 11.6 Å². The molecule has 1 aliphatic rings.